The number of amides is 1. The smallest absolute Gasteiger partial charge is 0.274 e. The van der Waals surface area contributed by atoms with Gasteiger partial charge in [-0.15, -0.1) is 11.3 Å². The normalized spacial score (nSPS) is 11.9. The van der Waals surface area contributed by atoms with Gasteiger partial charge in [-0.05, 0) is 30.4 Å². The van der Waals surface area contributed by atoms with E-state index in [0.29, 0.717) is 17.2 Å². The fraction of sp³-hybridized carbons (Fsp3) is 0.429. The van der Waals surface area contributed by atoms with Gasteiger partial charge in [0.15, 0.2) is 9.84 Å². The summed E-state index contributed by atoms with van der Waals surface area (Å²) in [6.07, 6.45) is 1.12. The van der Waals surface area contributed by atoms with Gasteiger partial charge in [0.2, 0.25) is 0 Å². The van der Waals surface area contributed by atoms with Crippen LogP contribution in [-0.4, -0.2) is 30.4 Å². The summed E-state index contributed by atoms with van der Waals surface area (Å²) in [5.74, 6) is -0.138. The van der Waals surface area contributed by atoms with E-state index in [2.05, 4.69) is 10.4 Å². The van der Waals surface area contributed by atoms with Crippen LogP contribution in [0.4, 0.5) is 5.00 Å². The Labute approximate surface area is 134 Å². The largest absolute Gasteiger partial charge is 0.311 e. The highest BCUT2D eigenvalue weighted by atomic mass is 32.2. The van der Waals surface area contributed by atoms with Gasteiger partial charge in [-0.25, -0.2) is 8.42 Å². The molecule has 0 aliphatic carbocycles. The third-order valence-corrected chi connectivity index (χ3v) is 5.28. The molecule has 1 N–H and O–H groups in total. The van der Waals surface area contributed by atoms with Crippen molar-refractivity contribution in [1.29, 1.82) is 0 Å². The van der Waals surface area contributed by atoms with Crippen molar-refractivity contribution in [3.05, 3.63) is 28.9 Å². The molecule has 2 aromatic rings. The number of hydrogen-bond donors (Lipinski definition) is 1. The number of carbonyl (C=O) groups is 1. The highest BCUT2D eigenvalue weighted by Gasteiger charge is 2.20. The van der Waals surface area contributed by atoms with Crippen LogP contribution in [0.25, 0.3) is 0 Å². The lowest BCUT2D eigenvalue weighted by Crippen LogP contribution is -2.17. The van der Waals surface area contributed by atoms with Crippen molar-refractivity contribution >= 4 is 32.1 Å². The van der Waals surface area contributed by atoms with E-state index in [0.717, 1.165) is 11.9 Å². The third-order valence-electron chi connectivity index (χ3n) is 3.18. The minimum atomic E-state index is -3.37. The molecule has 0 spiro atoms. The van der Waals surface area contributed by atoms with Crippen molar-refractivity contribution in [3.8, 4) is 0 Å². The molecule has 2 rings (SSSR count). The van der Waals surface area contributed by atoms with Crippen molar-refractivity contribution in [2.24, 2.45) is 0 Å². The number of sulfone groups is 1. The zero-order chi connectivity index (χ0) is 16.5. The lowest BCUT2D eigenvalue weighted by Gasteiger charge is -2.06. The lowest BCUT2D eigenvalue weighted by atomic mass is 10.1. The molecule has 2 heterocycles. The molecule has 0 radical (unpaired) electrons. The van der Waals surface area contributed by atoms with Gasteiger partial charge in [0, 0.05) is 12.8 Å². The monoisotopic (exact) mass is 341 g/mol. The topological polar surface area (TPSA) is 81.1 Å². The second-order valence-corrected chi connectivity index (χ2v) is 8.17. The maximum Gasteiger partial charge on any atom is 0.274 e. The molecule has 0 saturated carbocycles. The van der Waals surface area contributed by atoms with Gasteiger partial charge >= 0.3 is 0 Å². The number of nitrogens with zero attached hydrogens (tertiary/aromatic N) is 2. The molecule has 0 bridgehead atoms. The first kappa shape index (κ1) is 16.7. The number of carbonyl (C=O) groups excluding carboxylic acids is 1. The summed E-state index contributed by atoms with van der Waals surface area (Å²) in [5.41, 5.74) is 1.26. The van der Waals surface area contributed by atoms with Crippen LogP contribution in [0, 0.1) is 0 Å². The summed E-state index contributed by atoms with van der Waals surface area (Å²) in [7, 11) is -3.37. The number of anilines is 1. The van der Waals surface area contributed by atoms with Gasteiger partial charge in [0.1, 0.15) is 15.6 Å². The molecule has 6 nitrogen and oxygen atoms in total. The van der Waals surface area contributed by atoms with Gasteiger partial charge in [0.05, 0.1) is 5.69 Å². The summed E-state index contributed by atoms with van der Waals surface area (Å²) in [6, 6.07) is 3.24. The Morgan fingerprint density at radius 3 is 2.68 bits per heavy atom. The fourth-order valence-corrected chi connectivity index (χ4v) is 4.05. The molecule has 0 unspecified atom stereocenters. The first-order valence-corrected chi connectivity index (χ1v) is 9.67. The third kappa shape index (κ3) is 3.38. The van der Waals surface area contributed by atoms with Gasteiger partial charge in [-0.2, -0.15) is 5.10 Å². The number of rotatable bonds is 5. The van der Waals surface area contributed by atoms with Crippen LogP contribution in [0.1, 0.15) is 42.9 Å². The zero-order valence-corrected chi connectivity index (χ0v) is 14.6. The van der Waals surface area contributed by atoms with Crippen LogP contribution in [-0.2, 0) is 16.4 Å². The minimum absolute atomic E-state index is 0.137. The second kappa shape index (κ2) is 6.21. The Morgan fingerprint density at radius 1 is 1.45 bits per heavy atom. The first-order valence-electron chi connectivity index (χ1n) is 6.90. The number of thiophene rings is 1. The number of nitrogens with one attached hydrogen (secondary N) is 1. The molecular formula is C14H19N3O3S2. The van der Waals surface area contributed by atoms with Crippen LogP contribution in [0.2, 0.25) is 0 Å². The Morgan fingerprint density at radius 2 is 2.14 bits per heavy atom. The van der Waals surface area contributed by atoms with Crippen molar-refractivity contribution in [2.75, 3.05) is 11.6 Å². The maximum atomic E-state index is 12.4. The summed E-state index contributed by atoms with van der Waals surface area (Å²) < 4.78 is 25.0. The average Bonchev–Trinajstić information content (AvgIpc) is 3.03. The van der Waals surface area contributed by atoms with Gasteiger partial charge < -0.3 is 5.32 Å². The Bertz CT molecular complexity index is 788. The summed E-state index contributed by atoms with van der Waals surface area (Å²) in [4.78, 5) is 12.6. The molecule has 0 aliphatic rings. The first-order chi connectivity index (χ1) is 10.2. The summed E-state index contributed by atoms with van der Waals surface area (Å²) in [6.45, 7) is 6.48. The van der Waals surface area contributed by atoms with Crippen LogP contribution < -0.4 is 5.32 Å². The molecule has 22 heavy (non-hydrogen) atoms. The van der Waals surface area contributed by atoms with E-state index in [1.54, 1.807) is 16.1 Å². The molecule has 0 saturated heterocycles. The predicted octanol–water partition coefficient (Wildman–Crippen LogP) is 2.74. The highest BCUT2D eigenvalue weighted by molar-refractivity contribution is 7.91. The van der Waals surface area contributed by atoms with Crippen LogP contribution in [0.5, 0.6) is 0 Å². The van der Waals surface area contributed by atoms with Crippen molar-refractivity contribution < 1.29 is 13.2 Å². The SMILES string of the molecule is CCn1nc(C(C)C)cc1C(=O)Nc1sccc1S(C)(=O)=O. The van der Waals surface area contributed by atoms with Gasteiger partial charge in [-0.3, -0.25) is 9.48 Å². The van der Waals surface area contributed by atoms with Crippen molar-refractivity contribution in [2.45, 2.75) is 38.1 Å². The highest BCUT2D eigenvalue weighted by Crippen LogP contribution is 2.28. The average molecular weight is 341 g/mol. The molecule has 120 valence electrons. The quantitative estimate of drug-likeness (QED) is 0.906. The van der Waals surface area contributed by atoms with Crippen LogP contribution in [0.15, 0.2) is 22.4 Å². The lowest BCUT2D eigenvalue weighted by molar-refractivity contribution is 0.101. The standard InChI is InChI=1S/C14H19N3O3S2/c1-5-17-11(8-10(16-17)9(2)3)13(18)15-14-12(6-7-21-14)22(4,19)20/h6-9H,5H2,1-4H3,(H,15,18). The van der Waals surface area contributed by atoms with Crippen molar-refractivity contribution in [1.82, 2.24) is 9.78 Å². The van der Waals surface area contributed by atoms with Gasteiger partial charge in [-0.1, -0.05) is 13.8 Å². The van der Waals surface area contributed by atoms with E-state index in [-0.39, 0.29) is 16.7 Å². The molecule has 0 aliphatic heterocycles. The Kier molecular flexibility index (Phi) is 4.72. The fourth-order valence-electron chi connectivity index (χ4n) is 1.99. The Hall–Kier alpha value is -1.67. The summed E-state index contributed by atoms with van der Waals surface area (Å²) in [5, 5.41) is 9.05. The van der Waals surface area contributed by atoms with E-state index in [9.17, 15) is 13.2 Å². The summed E-state index contributed by atoms with van der Waals surface area (Å²) >= 11 is 1.19. The van der Waals surface area contributed by atoms with E-state index >= 15 is 0 Å². The molecule has 1 amide bonds. The molecule has 2 aromatic heterocycles. The van der Waals surface area contributed by atoms with E-state index < -0.39 is 9.84 Å². The maximum absolute atomic E-state index is 12.4. The van der Waals surface area contributed by atoms with E-state index in [1.807, 2.05) is 20.8 Å². The van der Waals surface area contributed by atoms with Crippen molar-refractivity contribution in [3.63, 3.8) is 0 Å². The van der Waals surface area contributed by atoms with Crippen LogP contribution in [0.3, 0.4) is 0 Å². The number of hydrogen-bond acceptors (Lipinski definition) is 5. The second-order valence-electron chi connectivity index (χ2n) is 5.27. The molecule has 0 aromatic carbocycles. The van der Waals surface area contributed by atoms with Gasteiger partial charge in [0.25, 0.3) is 5.91 Å². The molecule has 8 heteroatoms. The zero-order valence-electron chi connectivity index (χ0n) is 13.0. The molecular weight excluding hydrogens is 322 g/mol. The number of aromatic nitrogens is 2. The predicted molar refractivity (Wildman–Crippen MR) is 87.4 cm³/mol. The minimum Gasteiger partial charge on any atom is -0.311 e. The van der Waals surface area contributed by atoms with E-state index in [4.69, 9.17) is 0 Å². The molecule has 0 fully saturated rings. The van der Waals surface area contributed by atoms with E-state index in [1.165, 1.54) is 17.4 Å². The number of aryl methyl sites for hydroxylation is 1. The van der Waals surface area contributed by atoms with Crippen LogP contribution >= 0.6 is 11.3 Å². The Balaban J connectivity index is 2.33. The molecule has 0 atom stereocenters.